The van der Waals surface area contributed by atoms with Crippen molar-refractivity contribution in [3.05, 3.63) is 23.2 Å². The molecule has 3 N–H and O–H groups in total. The number of nitrogens with one attached hydrogen (secondary N) is 1. The van der Waals surface area contributed by atoms with Gasteiger partial charge in [-0.3, -0.25) is 4.79 Å². The van der Waals surface area contributed by atoms with Crippen molar-refractivity contribution in [1.82, 2.24) is 4.90 Å². The van der Waals surface area contributed by atoms with E-state index in [9.17, 15) is 4.79 Å². The summed E-state index contributed by atoms with van der Waals surface area (Å²) in [5.74, 6) is -0.0145. The van der Waals surface area contributed by atoms with Crippen LogP contribution in [0, 0.1) is 0 Å². The SMILES string of the molecule is CC(Nc1cc(Cl)ccc1N)C(=O)N(C)C. The lowest BCUT2D eigenvalue weighted by Gasteiger charge is -2.20. The van der Waals surface area contributed by atoms with Crippen molar-refractivity contribution in [2.75, 3.05) is 25.1 Å². The van der Waals surface area contributed by atoms with Crippen LogP contribution < -0.4 is 11.1 Å². The summed E-state index contributed by atoms with van der Waals surface area (Å²) in [5.41, 5.74) is 7.02. The Bertz CT molecular complexity index is 393. The number of nitrogens with zero attached hydrogens (tertiary/aromatic N) is 1. The molecular formula is C11H16ClN3O. The Morgan fingerprint density at radius 2 is 2.12 bits per heavy atom. The standard InChI is InChI=1S/C11H16ClN3O/c1-7(11(16)15(2)3)14-10-6-8(12)4-5-9(10)13/h4-7,14H,13H2,1-3H3. The van der Waals surface area contributed by atoms with E-state index in [1.807, 2.05) is 0 Å². The molecule has 1 aromatic carbocycles. The van der Waals surface area contributed by atoms with Gasteiger partial charge in [0.2, 0.25) is 5.91 Å². The monoisotopic (exact) mass is 241 g/mol. The fraction of sp³-hybridized carbons (Fsp3) is 0.364. The lowest BCUT2D eigenvalue weighted by molar-refractivity contribution is -0.129. The van der Waals surface area contributed by atoms with Crippen molar-refractivity contribution in [1.29, 1.82) is 0 Å². The minimum absolute atomic E-state index is 0.0145. The minimum atomic E-state index is -0.337. The van der Waals surface area contributed by atoms with Gasteiger partial charge in [0.1, 0.15) is 6.04 Å². The van der Waals surface area contributed by atoms with Gasteiger partial charge in [-0.15, -0.1) is 0 Å². The van der Waals surface area contributed by atoms with Gasteiger partial charge in [0.15, 0.2) is 0 Å². The second kappa shape index (κ2) is 5.07. The van der Waals surface area contributed by atoms with E-state index in [-0.39, 0.29) is 11.9 Å². The Labute approximate surface area is 100 Å². The highest BCUT2D eigenvalue weighted by atomic mass is 35.5. The number of hydrogen-bond acceptors (Lipinski definition) is 3. The van der Waals surface area contributed by atoms with Crippen molar-refractivity contribution in [2.45, 2.75) is 13.0 Å². The summed E-state index contributed by atoms with van der Waals surface area (Å²) in [6.07, 6.45) is 0. The lowest BCUT2D eigenvalue weighted by Crippen LogP contribution is -2.36. The number of carbonyl (C=O) groups excluding carboxylic acids is 1. The van der Waals surface area contributed by atoms with Crippen LogP contribution in [-0.2, 0) is 4.79 Å². The van der Waals surface area contributed by atoms with Crippen LogP contribution in [0.25, 0.3) is 0 Å². The van der Waals surface area contributed by atoms with Crippen LogP contribution in [0.2, 0.25) is 5.02 Å². The topological polar surface area (TPSA) is 58.4 Å². The van der Waals surface area contributed by atoms with Crippen LogP contribution in [0.1, 0.15) is 6.92 Å². The summed E-state index contributed by atoms with van der Waals surface area (Å²) in [7, 11) is 3.42. The summed E-state index contributed by atoms with van der Waals surface area (Å²) >= 11 is 5.85. The highest BCUT2D eigenvalue weighted by Gasteiger charge is 2.15. The molecule has 1 atom stereocenters. The Hall–Kier alpha value is -1.42. The molecule has 0 bridgehead atoms. The van der Waals surface area contributed by atoms with Crippen molar-refractivity contribution in [3.8, 4) is 0 Å². The molecule has 0 aliphatic carbocycles. The largest absolute Gasteiger partial charge is 0.397 e. The number of rotatable bonds is 3. The summed E-state index contributed by atoms with van der Waals surface area (Å²) in [6.45, 7) is 1.78. The first-order valence-electron chi connectivity index (χ1n) is 4.94. The van der Waals surface area contributed by atoms with Gasteiger partial charge < -0.3 is 16.0 Å². The lowest BCUT2D eigenvalue weighted by atomic mass is 10.2. The Kier molecular flexibility index (Phi) is 4.01. The molecule has 1 amide bonds. The number of halogens is 1. The van der Waals surface area contributed by atoms with Gasteiger partial charge in [0.25, 0.3) is 0 Å². The molecule has 0 heterocycles. The van der Waals surface area contributed by atoms with Gasteiger partial charge in [-0.2, -0.15) is 0 Å². The molecule has 4 nitrogen and oxygen atoms in total. The van der Waals surface area contributed by atoms with Crippen molar-refractivity contribution >= 4 is 28.9 Å². The number of likely N-dealkylation sites (N-methyl/N-ethyl adjacent to an activating group) is 1. The predicted octanol–water partition coefficient (Wildman–Crippen LogP) is 1.81. The van der Waals surface area contributed by atoms with E-state index in [0.29, 0.717) is 16.4 Å². The molecular weight excluding hydrogens is 226 g/mol. The molecule has 0 saturated heterocycles. The molecule has 5 heteroatoms. The molecule has 1 unspecified atom stereocenters. The minimum Gasteiger partial charge on any atom is -0.397 e. The molecule has 0 saturated carbocycles. The first kappa shape index (κ1) is 12.6. The maximum atomic E-state index is 11.6. The number of carbonyl (C=O) groups is 1. The molecule has 0 aromatic heterocycles. The van der Waals surface area contributed by atoms with E-state index in [4.69, 9.17) is 17.3 Å². The van der Waals surface area contributed by atoms with Crippen LogP contribution in [0.4, 0.5) is 11.4 Å². The second-order valence-electron chi connectivity index (χ2n) is 3.83. The molecule has 0 aliphatic heterocycles. The summed E-state index contributed by atoms with van der Waals surface area (Å²) in [5, 5.41) is 3.62. The van der Waals surface area contributed by atoms with Gasteiger partial charge in [-0.1, -0.05) is 11.6 Å². The maximum absolute atomic E-state index is 11.6. The first-order valence-corrected chi connectivity index (χ1v) is 5.32. The molecule has 0 aliphatic rings. The number of benzene rings is 1. The molecule has 1 aromatic rings. The number of nitrogens with two attached hydrogens (primary N) is 1. The summed E-state index contributed by atoms with van der Waals surface area (Å²) in [6, 6.07) is 4.78. The zero-order valence-corrected chi connectivity index (χ0v) is 10.4. The van der Waals surface area contributed by atoms with Crippen molar-refractivity contribution < 1.29 is 4.79 Å². The second-order valence-corrected chi connectivity index (χ2v) is 4.27. The average molecular weight is 242 g/mol. The fourth-order valence-corrected chi connectivity index (χ4v) is 1.51. The molecule has 16 heavy (non-hydrogen) atoms. The van der Waals surface area contributed by atoms with Gasteiger partial charge in [0, 0.05) is 19.1 Å². The zero-order valence-electron chi connectivity index (χ0n) is 9.62. The quantitative estimate of drug-likeness (QED) is 0.794. The Morgan fingerprint density at radius 1 is 1.50 bits per heavy atom. The van der Waals surface area contributed by atoms with E-state index in [1.165, 1.54) is 4.90 Å². The fourth-order valence-electron chi connectivity index (χ4n) is 1.34. The average Bonchev–Trinajstić information content (AvgIpc) is 2.22. The Morgan fingerprint density at radius 3 is 2.69 bits per heavy atom. The van der Waals surface area contributed by atoms with Crippen LogP contribution in [0.5, 0.6) is 0 Å². The number of amides is 1. The first-order chi connectivity index (χ1) is 7.41. The maximum Gasteiger partial charge on any atom is 0.244 e. The van der Waals surface area contributed by atoms with Crippen LogP contribution in [-0.4, -0.2) is 30.9 Å². The van der Waals surface area contributed by atoms with E-state index in [2.05, 4.69) is 5.32 Å². The normalized spacial score (nSPS) is 12.0. The molecule has 1 rings (SSSR count). The zero-order chi connectivity index (χ0) is 12.3. The van der Waals surface area contributed by atoms with Gasteiger partial charge >= 0.3 is 0 Å². The third kappa shape index (κ3) is 3.03. The van der Waals surface area contributed by atoms with Crippen molar-refractivity contribution in [2.24, 2.45) is 0 Å². The van der Waals surface area contributed by atoms with Gasteiger partial charge in [0.05, 0.1) is 11.4 Å². The molecule has 88 valence electrons. The molecule has 0 spiro atoms. The van der Waals surface area contributed by atoms with Gasteiger partial charge in [-0.25, -0.2) is 0 Å². The van der Waals surface area contributed by atoms with Crippen LogP contribution in [0.15, 0.2) is 18.2 Å². The van der Waals surface area contributed by atoms with Gasteiger partial charge in [-0.05, 0) is 25.1 Å². The number of anilines is 2. The molecule has 0 fully saturated rings. The highest BCUT2D eigenvalue weighted by molar-refractivity contribution is 6.31. The third-order valence-corrected chi connectivity index (χ3v) is 2.43. The van der Waals surface area contributed by atoms with Crippen LogP contribution >= 0.6 is 11.6 Å². The molecule has 0 radical (unpaired) electrons. The predicted molar refractivity (Wildman–Crippen MR) is 67.6 cm³/mol. The van der Waals surface area contributed by atoms with Crippen molar-refractivity contribution in [3.63, 3.8) is 0 Å². The number of nitrogen functional groups attached to an aromatic ring is 1. The van der Waals surface area contributed by atoms with Crippen LogP contribution in [0.3, 0.4) is 0 Å². The van der Waals surface area contributed by atoms with E-state index in [1.54, 1.807) is 39.2 Å². The summed E-state index contributed by atoms with van der Waals surface area (Å²) < 4.78 is 0. The third-order valence-electron chi connectivity index (χ3n) is 2.20. The van der Waals surface area contributed by atoms with E-state index < -0.39 is 0 Å². The van der Waals surface area contributed by atoms with E-state index >= 15 is 0 Å². The Balaban J connectivity index is 2.80. The summed E-state index contributed by atoms with van der Waals surface area (Å²) in [4.78, 5) is 13.2. The highest BCUT2D eigenvalue weighted by Crippen LogP contribution is 2.23. The van der Waals surface area contributed by atoms with E-state index in [0.717, 1.165) is 0 Å². The smallest absolute Gasteiger partial charge is 0.244 e. The number of hydrogen-bond donors (Lipinski definition) is 2.